The van der Waals surface area contributed by atoms with E-state index in [9.17, 15) is 0 Å². The number of benzene rings is 3. The van der Waals surface area contributed by atoms with Gasteiger partial charge in [0.05, 0.1) is 0 Å². The van der Waals surface area contributed by atoms with Crippen molar-refractivity contribution < 1.29 is 21.7 Å². The van der Waals surface area contributed by atoms with Gasteiger partial charge in [0, 0.05) is 0 Å². The van der Waals surface area contributed by atoms with Crippen LogP contribution in [0, 0.1) is 14.9 Å². The molecular weight excluding hydrogens is 324 g/mol. The molecular formula is C23H23Ti. The van der Waals surface area contributed by atoms with E-state index in [1.807, 2.05) is 0 Å². The summed E-state index contributed by atoms with van der Waals surface area (Å²) < 4.78 is 0. The Morgan fingerprint density at radius 2 is 1.38 bits per heavy atom. The van der Waals surface area contributed by atoms with Crippen LogP contribution in [-0.2, 0) is 28.1 Å². The molecule has 0 aliphatic heterocycles. The van der Waals surface area contributed by atoms with Crippen LogP contribution >= 0.6 is 0 Å². The van der Waals surface area contributed by atoms with Gasteiger partial charge in [-0.1, -0.05) is 61.0 Å². The minimum absolute atomic E-state index is 0. The first-order chi connectivity index (χ1) is 10.4. The Labute approximate surface area is 160 Å². The molecule has 0 aromatic heterocycles. The van der Waals surface area contributed by atoms with Crippen LogP contribution in [-0.4, -0.2) is 0 Å². The summed E-state index contributed by atoms with van der Waals surface area (Å²) in [5.74, 6) is 0. The Balaban J connectivity index is 0.000000960. The zero-order valence-corrected chi connectivity index (χ0v) is 16.2. The Bertz CT molecular complexity index is 926. The van der Waals surface area contributed by atoms with Crippen LogP contribution in [0.25, 0.3) is 32.7 Å². The summed E-state index contributed by atoms with van der Waals surface area (Å²) in [6, 6.07) is 26.5. The van der Waals surface area contributed by atoms with Crippen molar-refractivity contribution >= 4 is 21.5 Å². The molecule has 4 rings (SSSR count). The summed E-state index contributed by atoms with van der Waals surface area (Å²) in [5, 5.41) is 5.34. The van der Waals surface area contributed by atoms with Crippen LogP contribution in [0.1, 0.15) is 12.5 Å². The average Bonchev–Trinajstić information content (AvgIpc) is 2.97. The van der Waals surface area contributed by atoms with Crippen molar-refractivity contribution in [2.75, 3.05) is 0 Å². The van der Waals surface area contributed by atoms with Crippen molar-refractivity contribution in [1.82, 2.24) is 0 Å². The van der Waals surface area contributed by atoms with Gasteiger partial charge in [0.1, 0.15) is 0 Å². The van der Waals surface area contributed by atoms with Crippen LogP contribution in [0.15, 0.2) is 72.8 Å². The molecule has 119 valence electrons. The topological polar surface area (TPSA) is 0 Å². The molecule has 24 heavy (non-hydrogen) atoms. The maximum absolute atomic E-state index is 2.34. The minimum atomic E-state index is 0. The van der Waals surface area contributed by atoms with Gasteiger partial charge in [-0.2, -0.15) is 6.07 Å². The van der Waals surface area contributed by atoms with E-state index in [0.29, 0.717) is 0 Å². The summed E-state index contributed by atoms with van der Waals surface area (Å²) in [7, 11) is 0. The summed E-state index contributed by atoms with van der Waals surface area (Å²) in [5.41, 5.74) is 4.08. The minimum Gasteiger partial charge on any atom is -0.358 e. The smallest absolute Gasteiger partial charge is 0.358 e. The van der Waals surface area contributed by atoms with Crippen LogP contribution in [0.2, 0.25) is 0 Å². The van der Waals surface area contributed by atoms with Crippen LogP contribution < -0.4 is 0 Å². The normalized spacial score (nSPS) is 9.88. The molecule has 1 radical (unpaired) electrons. The van der Waals surface area contributed by atoms with Gasteiger partial charge < -0.3 is 14.9 Å². The zero-order valence-electron chi connectivity index (χ0n) is 14.6. The predicted molar refractivity (Wildman–Crippen MR) is 105 cm³/mol. The molecule has 0 atom stereocenters. The Hall–Kier alpha value is -1.76. The standard InChI is InChI=1S/C21H17.2CH3.Ti/c1-2-15-13-17-9-6-12-20(21(17)14-15)19-11-5-8-16-7-3-4-10-18(16)19;;;/h3-14H,2H2,1H3;2*1H3;/q3*-1;+3. The fourth-order valence-corrected chi connectivity index (χ4v) is 3.20. The number of fused-ring (bicyclic) bond motifs is 2. The Kier molecular flexibility index (Phi) is 7.08. The van der Waals surface area contributed by atoms with Gasteiger partial charge in [-0.05, 0) is 22.8 Å². The Morgan fingerprint density at radius 1 is 0.750 bits per heavy atom. The van der Waals surface area contributed by atoms with E-state index >= 15 is 0 Å². The maximum atomic E-state index is 2.34. The first-order valence-electron chi connectivity index (χ1n) is 7.53. The molecule has 0 unspecified atom stereocenters. The van der Waals surface area contributed by atoms with Gasteiger partial charge >= 0.3 is 21.7 Å². The van der Waals surface area contributed by atoms with Gasteiger partial charge in [-0.15, -0.1) is 34.5 Å². The van der Waals surface area contributed by atoms with Gasteiger partial charge in [0.25, 0.3) is 0 Å². The third-order valence-electron chi connectivity index (χ3n) is 4.30. The second-order valence-corrected chi connectivity index (χ2v) is 5.55. The molecule has 0 heterocycles. The average molecular weight is 347 g/mol. The van der Waals surface area contributed by atoms with Crippen LogP contribution in [0.5, 0.6) is 0 Å². The molecule has 0 spiro atoms. The van der Waals surface area contributed by atoms with Crippen molar-refractivity contribution in [2.45, 2.75) is 13.3 Å². The fraction of sp³-hybridized carbons (Fsp3) is 0.0870. The fourth-order valence-electron chi connectivity index (χ4n) is 3.20. The monoisotopic (exact) mass is 347 g/mol. The molecule has 0 saturated heterocycles. The van der Waals surface area contributed by atoms with E-state index in [2.05, 4.69) is 79.7 Å². The van der Waals surface area contributed by atoms with Crippen molar-refractivity contribution in [3.63, 3.8) is 0 Å². The molecule has 1 heteroatoms. The van der Waals surface area contributed by atoms with Crippen molar-refractivity contribution in [2.24, 2.45) is 0 Å². The molecule has 0 aliphatic rings. The summed E-state index contributed by atoms with van der Waals surface area (Å²) in [4.78, 5) is 0. The van der Waals surface area contributed by atoms with Crippen molar-refractivity contribution in [3.8, 4) is 11.1 Å². The number of hydrogen-bond acceptors (Lipinski definition) is 0. The Morgan fingerprint density at radius 3 is 2.12 bits per heavy atom. The SMILES string of the molecule is CCc1cc2c(-c3cccc4ccccc34)cccc2[cH-]1.[CH3-].[CH3-].[Ti+3]. The summed E-state index contributed by atoms with van der Waals surface area (Å²) >= 11 is 0. The van der Waals surface area contributed by atoms with Crippen molar-refractivity contribution in [3.05, 3.63) is 93.2 Å². The predicted octanol–water partition coefficient (Wildman–Crippen LogP) is 6.84. The molecule has 0 nitrogen and oxygen atoms in total. The molecule has 4 aromatic rings. The molecule has 4 aromatic carbocycles. The summed E-state index contributed by atoms with van der Waals surface area (Å²) in [6.45, 7) is 2.21. The van der Waals surface area contributed by atoms with Gasteiger partial charge in [0.2, 0.25) is 0 Å². The van der Waals surface area contributed by atoms with E-state index in [-0.39, 0.29) is 36.6 Å². The molecule has 0 fully saturated rings. The number of hydrogen-bond donors (Lipinski definition) is 0. The first-order valence-corrected chi connectivity index (χ1v) is 7.53. The van der Waals surface area contributed by atoms with Gasteiger partial charge in [-0.25, -0.2) is 0 Å². The molecule has 0 aliphatic carbocycles. The molecule has 0 saturated carbocycles. The second-order valence-electron chi connectivity index (χ2n) is 5.55. The van der Waals surface area contributed by atoms with Gasteiger partial charge in [-0.3, -0.25) is 0 Å². The first kappa shape index (κ1) is 20.3. The van der Waals surface area contributed by atoms with Crippen molar-refractivity contribution in [1.29, 1.82) is 0 Å². The van der Waals surface area contributed by atoms with E-state index in [0.717, 1.165) is 6.42 Å². The number of aryl methyl sites for hydroxylation is 1. The largest absolute Gasteiger partial charge is 3.00 e. The van der Waals surface area contributed by atoms with E-state index in [1.54, 1.807) is 0 Å². The molecule has 0 bridgehead atoms. The third kappa shape index (κ3) is 3.36. The van der Waals surface area contributed by atoms with E-state index < -0.39 is 0 Å². The third-order valence-corrected chi connectivity index (χ3v) is 4.30. The van der Waals surface area contributed by atoms with E-state index in [1.165, 1.54) is 38.2 Å². The summed E-state index contributed by atoms with van der Waals surface area (Å²) in [6.07, 6.45) is 1.09. The molecule has 0 amide bonds. The van der Waals surface area contributed by atoms with Crippen LogP contribution in [0.3, 0.4) is 0 Å². The zero-order chi connectivity index (χ0) is 14.2. The molecule has 0 N–H and O–H groups in total. The van der Waals surface area contributed by atoms with Crippen LogP contribution in [0.4, 0.5) is 0 Å². The van der Waals surface area contributed by atoms with E-state index in [4.69, 9.17) is 0 Å². The maximum Gasteiger partial charge on any atom is 3.00 e. The quantitative estimate of drug-likeness (QED) is 0.275. The number of rotatable bonds is 2. The van der Waals surface area contributed by atoms with Gasteiger partial charge in [0.15, 0.2) is 0 Å². The second kappa shape index (κ2) is 8.37.